The molecule has 1 saturated heterocycles. The Morgan fingerprint density at radius 2 is 1.80 bits per heavy atom. The molecule has 0 saturated carbocycles. The van der Waals surface area contributed by atoms with Crippen molar-refractivity contribution in [2.24, 2.45) is 5.14 Å². The lowest BCUT2D eigenvalue weighted by Crippen LogP contribution is -2.30. The van der Waals surface area contributed by atoms with Gasteiger partial charge in [-0.2, -0.15) is 13.2 Å². The number of rotatable bonds is 7. The molecule has 0 radical (unpaired) electrons. The summed E-state index contributed by atoms with van der Waals surface area (Å²) in [5.41, 5.74) is -1.01. The molecule has 0 bridgehead atoms. The number of halogens is 4. The first-order chi connectivity index (χ1) is 18.7. The van der Waals surface area contributed by atoms with Crippen LogP contribution in [0.1, 0.15) is 11.1 Å². The molecule has 1 heterocycles. The van der Waals surface area contributed by atoms with Crippen LogP contribution in [-0.4, -0.2) is 32.0 Å². The zero-order valence-corrected chi connectivity index (χ0v) is 22.4. The van der Waals surface area contributed by atoms with Gasteiger partial charge in [0.2, 0.25) is 10.0 Å². The van der Waals surface area contributed by atoms with E-state index in [1.54, 1.807) is 0 Å². The van der Waals surface area contributed by atoms with Gasteiger partial charge in [-0.15, -0.1) is 0 Å². The maximum atomic E-state index is 13.5. The van der Waals surface area contributed by atoms with Crippen molar-refractivity contribution in [2.75, 3.05) is 16.8 Å². The van der Waals surface area contributed by atoms with Crippen molar-refractivity contribution < 1.29 is 35.9 Å². The molecule has 0 atom stereocenters. The van der Waals surface area contributed by atoms with Gasteiger partial charge in [0.25, 0.3) is 11.8 Å². The maximum absolute atomic E-state index is 13.5. The summed E-state index contributed by atoms with van der Waals surface area (Å²) in [6, 6.07) is 13.9. The van der Waals surface area contributed by atoms with Crippen LogP contribution in [0.15, 0.2) is 76.5 Å². The molecule has 40 heavy (non-hydrogen) atoms. The molecule has 2 amide bonds. The Labute approximate surface area is 235 Å². The third kappa shape index (κ3) is 6.65. The van der Waals surface area contributed by atoms with Gasteiger partial charge in [-0.25, -0.2) is 13.6 Å². The SMILES string of the molecule is N=C1S/C(=C\c2cc(Cl)ccc2OCC(=O)Nc2ccc(S(N)(=O)=O)cc2)C(=O)N1c1ccccc1C(F)(F)F. The first-order valence-electron chi connectivity index (χ1n) is 11.1. The molecular weight excluding hydrogens is 593 g/mol. The number of primary sulfonamides is 1. The number of amides is 2. The normalized spacial score (nSPS) is 15.0. The molecule has 1 aliphatic rings. The number of carbonyl (C=O) groups is 2. The summed E-state index contributed by atoms with van der Waals surface area (Å²) in [6.07, 6.45) is -3.43. The molecular formula is C25H18ClF3N4O5S2. The highest BCUT2D eigenvalue weighted by molar-refractivity contribution is 8.19. The fourth-order valence-electron chi connectivity index (χ4n) is 3.59. The van der Waals surface area contributed by atoms with E-state index in [0.717, 1.165) is 12.1 Å². The summed E-state index contributed by atoms with van der Waals surface area (Å²) in [7, 11) is -3.89. The highest BCUT2D eigenvalue weighted by atomic mass is 35.5. The molecule has 15 heteroatoms. The Kier molecular flexibility index (Phi) is 8.25. The molecule has 208 valence electrons. The second-order valence-corrected chi connectivity index (χ2v) is 11.2. The minimum Gasteiger partial charge on any atom is -0.483 e. The minimum absolute atomic E-state index is 0.0616. The van der Waals surface area contributed by atoms with Gasteiger partial charge >= 0.3 is 6.18 Å². The lowest BCUT2D eigenvalue weighted by atomic mass is 10.1. The van der Waals surface area contributed by atoms with Crippen LogP contribution >= 0.6 is 23.4 Å². The number of nitrogens with two attached hydrogens (primary N) is 1. The third-order valence-electron chi connectivity index (χ3n) is 5.36. The number of amidine groups is 1. The Bertz CT molecular complexity index is 1640. The molecule has 0 unspecified atom stereocenters. The quantitative estimate of drug-likeness (QED) is 0.319. The van der Waals surface area contributed by atoms with Crippen LogP contribution in [0.5, 0.6) is 5.75 Å². The van der Waals surface area contributed by atoms with E-state index in [1.807, 2.05) is 0 Å². The smallest absolute Gasteiger partial charge is 0.418 e. The van der Waals surface area contributed by atoms with E-state index in [9.17, 15) is 31.2 Å². The lowest BCUT2D eigenvalue weighted by Gasteiger charge is -2.19. The monoisotopic (exact) mass is 610 g/mol. The van der Waals surface area contributed by atoms with E-state index >= 15 is 0 Å². The van der Waals surface area contributed by atoms with Crippen LogP contribution in [0.2, 0.25) is 5.02 Å². The van der Waals surface area contributed by atoms with Gasteiger partial charge in [0.1, 0.15) is 5.75 Å². The Morgan fingerprint density at radius 1 is 1.12 bits per heavy atom. The van der Waals surface area contributed by atoms with Crippen molar-refractivity contribution in [1.29, 1.82) is 5.41 Å². The number of alkyl halides is 3. The highest BCUT2D eigenvalue weighted by Gasteiger charge is 2.40. The molecule has 0 aliphatic carbocycles. The maximum Gasteiger partial charge on any atom is 0.418 e. The van der Waals surface area contributed by atoms with Crippen molar-refractivity contribution >= 4 is 67.8 Å². The number of benzene rings is 3. The van der Waals surface area contributed by atoms with Gasteiger partial charge in [0.15, 0.2) is 11.8 Å². The zero-order chi connectivity index (χ0) is 29.2. The van der Waals surface area contributed by atoms with E-state index in [1.165, 1.54) is 60.7 Å². The number of nitrogens with one attached hydrogen (secondary N) is 2. The number of para-hydroxylation sites is 1. The molecule has 9 nitrogen and oxygen atoms in total. The largest absolute Gasteiger partial charge is 0.483 e. The molecule has 1 fully saturated rings. The number of hydrogen-bond acceptors (Lipinski definition) is 7. The average molecular weight is 611 g/mol. The van der Waals surface area contributed by atoms with Crippen LogP contribution < -0.4 is 20.1 Å². The average Bonchev–Trinajstić information content (AvgIpc) is 3.15. The minimum atomic E-state index is -4.74. The number of thioether (sulfide) groups is 1. The lowest BCUT2D eigenvalue weighted by molar-refractivity contribution is -0.137. The summed E-state index contributed by atoms with van der Waals surface area (Å²) < 4.78 is 68.9. The molecule has 4 rings (SSSR count). The van der Waals surface area contributed by atoms with Gasteiger partial charge < -0.3 is 10.1 Å². The van der Waals surface area contributed by atoms with Gasteiger partial charge in [0.05, 0.1) is 21.1 Å². The standard InChI is InChI=1S/C25H18ClF3N4O5S2/c26-15-5-10-20(38-13-22(34)32-16-6-8-17(9-7-16)40(31,36)37)14(11-15)12-21-23(35)33(24(30)39-21)19-4-2-1-3-18(19)25(27,28)29/h1-12,30H,13H2,(H,32,34)(H2,31,36,37)/b21-12-,30-24?. The zero-order valence-electron chi connectivity index (χ0n) is 20.0. The summed E-state index contributed by atoms with van der Waals surface area (Å²) in [6.45, 7) is -0.489. The first kappa shape index (κ1) is 29.1. The molecule has 4 N–H and O–H groups in total. The predicted octanol–water partition coefficient (Wildman–Crippen LogP) is 5.08. The van der Waals surface area contributed by atoms with Crippen molar-refractivity contribution in [3.05, 3.63) is 87.8 Å². The summed E-state index contributed by atoms with van der Waals surface area (Å²) in [5, 5.41) is 15.6. The Morgan fingerprint density at radius 3 is 2.45 bits per heavy atom. The Hall–Kier alpha value is -3.85. The topological polar surface area (TPSA) is 143 Å². The van der Waals surface area contributed by atoms with Gasteiger partial charge in [-0.3, -0.25) is 19.9 Å². The van der Waals surface area contributed by atoms with Crippen LogP contribution in [-0.2, 0) is 25.8 Å². The van der Waals surface area contributed by atoms with Crippen LogP contribution in [0.25, 0.3) is 6.08 Å². The molecule has 0 spiro atoms. The summed E-state index contributed by atoms with van der Waals surface area (Å²) >= 11 is 6.75. The van der Waals surface area contributed by atoms with Crippen LogP contribution in [0, 0.1) is 5.41 Å². The number of hydrogen-bond donors (Lipinski definition) is 3. The molecule has 0 aromatic heterocycles. The Balaban J connectivity index is 1.52. The number of carbonyl (C=O) groups excluding carboxylic acids is 2. The summed E-state index contributed by atoms with van der Waals surface area (Å²) in [5.74, 6) is -1.32. The molecule has 3 aromatic rings. The molecule has 3 aromatic carbocycles. The van der Waals surface area contributed by atoms with Crippen LogP contribution in [0.3, 0.4) is 0 Å². The number of anilines is 2. The van der Waals surface area contributed by atoms with E-state index in [2.05, 4.69) is 5.32 Å². The van der Waals surface area contributed by atoms with Crippen molar-refractivity contribution in [1.82, 2.24) is 0 Å². The number of ether oxygens (including phenoxy) is 1. The third-order valence-corrected chi connectivity index (χ3v) is 7.41. The van der Waals surface area contributed by atoms with Gasteiger partial charge in [-0.1, -0.05) is 23.7 Å². The van der Waals surface area contributed by atoms with Crippen LogP contribution in [0.4, 0.5) is 24.5 Å². The fraction of sp³-hybridized carbons (Fsp3) is 0.0800. The number of nitrogens with zero attached hydrogens (tertiary/aromatic N) is 1. The fourth-order valence-corrected chi connectivity index (χ4v) is 5.13. The second-order valence-electron chi connectivity index (χ2n) is 8.16. The van der Waals surface area contributed by atoms with E-state index in [0.29, 0.717) is 16.7 Å². The second kappa shape index (κ2) is 11.3. The highest BCUT2D eigenvalue weighted by Crippen LogP contribution is 2.42. The predicted molar refractivity (Wildman–Crippen MR) is 146 cm³/mol. The number of sulfonamides is 1. The van der Waals surface area contributed by atoms with Gasteiger partial charge in [0, 0.05) is 16.3 Å². The first-order valence-corrected chi connectivity index (χ1v) is 13.8. The van der Waals surface area contributed by atoms with Crippen molar-refractivity contribution in [3.8, 4) is 5.75 Å². The van der Waals surface area contributed by atoms with E-state index in [4.69, 9.17) is 26.9 Å². The van der Waals surface area contributed by atoms with Crippen molar-refractivity contribution in [2.45, 2.75) is 11.1 Å². The van der Waals surface area contributed by atoms with E-state index in [-0.39, 0.29) is 31.8 Å². The summed E-state index contributed by atoms with van der Waals surface area (Å²) in [4.78, 5) is 26.0. The molecule has 1 aliphatic heterocycles. The van der Waals surface area contributed by atoms with E-state index < -0.39 is 51.0 Å². The van der Waals surface area contributed by atoms with Crippen molar-refractivity contribution in [3.63, 3.8) is 0 Å². The van der Waals surface area contributed by atoms with Gasteiger partial charge in [-0.05, 0) is 72.4 Å².